The van der Waals surface area contributed by atoms with Gasteiger partial charge in [0, 0.05) is 11.4 Å². The third-order valence-electron chi connectivity index (χ3n) is 5.24. The van der Waals surface area contributed by atoms with Crippen molar-refractivity contribution in [2.24, 2.45) is 0 Å². The van der Waals surface area contributed by atoms with Crippen molar-refractivity contribution in [2.45, 2.75) is 55.2 Å². The molecule has 0 spiro atoms. The highest BCUT2D eigenvalue weighted by Crippen LogP contribution is 2.41. The monoisotopic (exact) mass is 346 g/mol. The van der Waals surface area contributed by atoms with Gasteiger partial charge >= 0.3 is 0 Å². The van der Waals surface area contributed by atoms with Crippen molar-refractivity contribution in [1.82, 2.24) is 4.98 Å². The number of aryl methyl sites for hydroxylation is 1. The fourth-order valence-electron chi connectivity index (χ4n) is 4.03. The fourth-order valence-corrected chi connectivity index (χ4v) is 5.00. The van der Waals surface area contributed by atoms with Crippen molar-refractivity contribution >= 4 is 11.8 Å². The Labute approximate surface area is 154 Å². The molecule has 3 heteroatoms. The van der Waals surface area contributed by atoms with E-state index in [1.165, 1.54) is 28.8 Å². The van der Waals surface area contributed by atoms with Crippen LogP contribution in [0.15, 0.2) is 47.5 Å². The van der Waals surface area contributed by atoms with Crippen LogP contribution in [0.3, 0.4) is 0 Å². The number of hydrogen-bond acceptors (Lipinski definition) is 3. The largest absolute Gasteiger partial charge is 0.245 e. The number of rotatable bonds is 4. The van der Waals surface area contributed by atoms with Gasteiger partial charge in [-0.1, -0.05) is 42.5 Å². The topological polar surface area (TPSA) is 36.7 Å². The zero-order chi connectivity index (χ0) is 17.1. The Kier molecular flexibility index (Phi) is 4.90. The average molecular weight is 346 g/mol. The Balaban J connectivity index is 1.71. The van der Waals surface area contributed by atoms with Gasteiger partial charge in [-0.15, -0.1) is 11.8 Å². The normalized spacial score (nSPS) is 18.8. The predicted octanol–water partition coefficient (Wildman–Crippen LogP) is 5.56. The number of benzene rings is 1. The molecule has 0 amide bonds. The van der Waals surface area contributed by atoms with Crippen LogP contribution < -0.4 is 0 Å². The highest BCUT2D eigenvalue weighted by atomic mass is 32.2. The second kappa shape index (κ2) is 7.45. The highest BCUT2D eigenvalue weighted by Gasteiger charge is 2.28. The van der Waals surface area contributed by atoms with Gasteiger partial charge in [0.25, 0.3) is 0 Å². The number of nitrogens with zero attached hydrogens (tertiary/aromatic N) is 2. The molecule has 2 aliphatic rings. The summed E-state index contributed by atoms with van der Waals surface area (Å²) in [7, 11) is 0. The first-order valence-electron chi connectivity index (χ1n) is 9.14. The smallest absolute Gasteiger partial charge is 0.115 e. The third-order valence-corrected chi connectivity index (χ3v) is 6.29. The summed E-state index contributed by atoms with van der Waals surface area (Å²) in [6.45, 7) is 0. The second-order valence-electron chi connectivity index (χ2n) is 6.85. The van der Waals surface area contributed by atoms with E-state index in [2.05, 4.69) is 42.5 Å². The van der Waals surface area contributed by atoms with E-state index in [1.54, 1.807) is 11.8 Å². The molecule has 0 bridgehead atoms. The van der Waals surface area contributed by atoms with Gasteiger partial charge in [0.15, 0.2) is 0 Å². The predicted molar refractivity (Wildman–Crippen MR) is 103 cm³/mol. The Morgan fingerprint density at radius 3 is 2.80 bits per heavy atom. The molecule has 4 rings (SSSR count). The Morgan fingerprint density at radius 1 is 1.16 bits per heavy atom. The van der Waals surface area contributed by atoms with Crippen LogP contribution in [0.1, 0.15) is 59.5 Å². The summed E-state index contributed by atoms with van der Waals surface area (Å²) >= 11 is 1.72. The molecule has 0 N–H and O–H groups in total. The minimum atomic E-state index is 0.491. The zero-order valence-corrected chi connectivity index (χ0v) is 15.2. The van der Waals surface area contributed by atoms with Crippen LogP contribution >= 0.6 is 11.8 Å². The van der Waals surface area contributed by atoms with Crippen molar-refractivity contribution in [3.63, 3.8) is 0 Å². The van der Waals surface area contributed by atoms with E-state index in [4.69, 9.17) is 4.98 Å². The molecule has 2 aliphatic carbocycles. The number of aromatic nitrogens is 1. The van der Waals surface area contributed by atoms with Crippen molar-refractivity contribution in [3.05, 3.63) is 70.4 Å². The molecule has 1 aromatic heterocycles. The van der Waals surface area contributed by atoms with E-state index in [0.717, 1.165) is 48.4 Å². The Morgan fingerprint density at radius 2 is 2.04 bits per heavy atom. The van der Waals surface area contributed by atoms with Gasteiger partial charge in [-0.2, -0.15) is 5.26 Å². The Bertz CT molecular complexity index is 833. The van der Waals surface area contributed by atoms with Crippen molar-refractivity contribution in [3.8, 4) is 6.07 Å². The molecule has 0 saturated carbocycles. The van der Waals surface area contributed by atoms with E-state index < -0.39 is 0 Å². The number of hydrogen-bond donors (Lipinski definition) is 0. The molecule has 0 saturated heterocycles. The number of thioether (sulfide) groups is 1. The van der Waals surface area contributed by atoms with Crippen LogP contribution in [-0.2, 0) is 18.6 Å². The minimum Gasteiger partial charge on any atom is -0.245 e. The standard InChI is InChI=1S/C22H22N2S/c23-14-19-21(17-10-5-2-6-11-17)18-12-7-13-20(18)24-22(19)25-15-16-8-3-1-4-9-16/h1-5,8-9,17H,6-7,10-13,15H2/t17-/m1/s1. The van der Waals surface area contributed by atoms with Gasteiger partial charge < -0.3 is 0 Å². The molecule has 1 atom stereocenters. The van der Waals surface area contributed by atoms with Crippen molar-refractivity contribution in [2.75, 3.05) is 0 Å². The zero-order valence-electron chi connectivity index (χ0n) is 14.4. The fraction of sp³-hybridized carbons (Fsp3) is 0.364. The van der Waals surface area contributed by atoms with Gasteiger partial charge in [-0.3, -0.25) is 0 Å². The van der Waals surface area contributed by atoms with Crippen LogP contribution in [0.25, 0.3) is 0 Å². The number of pyridine rings is 1. The van der Waals surface area contributed by atoms with E-state index >= 15 is 0 Å². The lowest BCUT2D eigenvalue weighted by Crippen LogP contribution is -2.10. The average Bonchev–Trinajstić information content (AvgIpc) is 3.14. The Hall–Kier alpha value is -2.05. The number of allylic oxidation sites excluding steroid dienone is 2. The van der Waals surface area contributed by atoms with Crippen LogP contribution in [0, 0.1) is 11.3 Å². The summed E-state index contributed by atoms with van der Waals surface area (Å²) in [6.07, 6.45) is 11.2. The van der Waals surface area contributed by atoms with Gasteiger partial charge in [-0.25, -0.2) is 4.98 Å². The maximum atomic E-state index is 9.94. The van der Waals surface area contributed by atoms with Crippen molar-refractivity contribution < 1.29 is 0 Å². The van der Waals surface area contributed by atoms with Crippen LogP contribution in [0.2, 0.25) is 0 Å². The van der Waals surface area contributed by atoms with Gasteiger partial charge in [-0.05, 0) is 61.1 Å². The quantitative estimate of drug-likeness (QED) is 0.537. The third kappa shape index (κ3) is 3.37. The van der Waals surface area contributed by atoms with E-state index in [9.17, 15) is 5.26 Å². The maximum Gasteiger partial charge on any atom is 0.115 e. The molecule has 0 fully saturated rings. The summed E-state index contributed by atoms with van der Waals surface area (Å²) in [5.41, 5.74) is 6.09. The molecule has 25 heavy (non-hydrogen) atoms. The number of fused-ring (bicyclic) bond motifs is 1. The molecule has 2 nitrogen and oxygen atoms in total. The highest BCUT2D eigenvalue weighted by molar-refractivity contribution is 7.98. The van der Waals surface area contributed by atoms with E-state index in [-0.39, 0.29) is 0 Å². The molecule has 2 aromatic rings. The second-order valence-corrected chi connectivity index (χ2v) is 7.82. The SMILES string of the molecule is N#Cc1c(SCc2ccccc2)nc2c(c1[C@@H]1CC=CCC1)CCC2. The summed E-state index contributed by atoms with van der Waals surface area (Å²) in [5.74, 6) is 1.36. The first-order valence-corrected chi connectivity index (χ1v) is 10.1. The first-order chi connectivity index (χ1) is 12.4. The van der Waals surface area contributed by atoms with E-state index in [0.29, 0.717) is 5.92 Å². The molecule has 0 radical (unpaired) electrons. The van der Waals surface area contributed by atoms with Crippen molar-refractivity contribution in [1.29, 1.82) is 5.26 Å². The summed E-state index contributed by atoms with van der Waals surface area (Å²) in [4.78, 5) is 4.92. The van der Waals surface area contributed by atoms with Crippen LogP contribution in [0.5, 0.6) is 0 Å². The minimum absolute atomic E-state index is 0.491. The maximum absolute atomic E-state index is 9.94. The molecular formula is C22H22N2S. The summed E-state index contributed by atoms with van der Waals surface area (Å²) in [6, 6.07) is 13.0. The molecular weight excluding hydrogens is 324 g/mol. The van der Waals surface area contributed by atoms with E-state index in [1.807, 2.05) is 6.07 Å². The molecule has 1 heterocycles. The lowest BCUT2D eigenvalue weighted by Gasteiger charge is -2.23. The number of nitriles is 1. The molecule has 126 valence electrons. The lowest BCUT2D eigenvalue weighted by atomic mass is 9.83. The first kappa shape index (κ1) is 16.4. The lowest BCUT2D eigenvalue weighted by molar-refractivity contribution is 0.607. The van der Waals surface area contributed by atoms with Crippen LogP contribution in [-0.4, -0.2) is 4.98 Å². The van der Waals surface area contributed by atoms with Gasteiger partial charge in [0.1, 0.15) is 11.1 Å². The summed E-state index contributed by atoms with van der Waals surface area (Å²) in [5, 5.41) is 10.9. The molecule has 0 aliphatic heterocycles. The molecule has 1 aromatic carbocycles. The summed E-state index contributed by atoms with van der Waals surface area (Å²) < 4.78 is 0. The molecule has 0 unspecified atom stereocenters. The van der Waals surface area contributed by atoms with Gasteiger partial charge in [0.05, 0.1) is 5.56 Å². The van der Waals surface area contributed by atoms with Crippen LogP contribution in [0.4, 0.5) is 0 Å². The van der Waals surface area contributed by atoms with Gasteiger partial charge in [0.2, 0.25) is 0 Å².